The molecule has 20 heavy (non-hydrogen) atoms. The minimum Gasteiger partial charge on any atom is -0.481 e. The van der Waals surface area contributed by atoms with Gasteiger partial charge in [-0.25, -0.2) is 17.1 Å². The van der Waals surface area contributed by atoms with Crippen molar-refractivity contribution in [2.75, 3.05) is 13.6 Å². The van der Waals surface area contributed by atoms with Crippen LogP contribution in [-0.4, -0.2) is 42.3 Å². The molecule has 0 unspecified atom stereocenters. The van der Waals surface area contributed by atoms with E-state index in [4.69, 9.17) is 5.11 Å². The van der Waals surface area contributed by atoms with Gasteiger partial charge in [0.05, 0.1) is 11.3 Å². The van der Waals surface area contributed by atoms with Gasteiger partial charge in [0.15, 0.2) is 4.90 Å². The average Bonchev–Trinajstić information content (AvgIpc) is 2.34. The summed E-state index contributed by atoms with van der Waals surface area (Å²) < 4.78 is 38.4. The lowest BCUT2D eigenvalue weighted by molar-refractivity contribution is -0.388. The van der Waals surface area contributed by atoms with E-state index in [1.54, 1.807) is 0 Å². The maximum absolute atomic E-state index is 13.6. The molecule has 0 radical (unpaired) electrons. The second kappa shape index (κ2) is 5.92. The third kappa shape index (κ3) is 3.27. The lowest BCUT2D eigenvalue weighted by atomic mass is 10.3. The van der Waals surface area contributed by atoms with Crippen LogP contribution in [0.3, 0.4) is 0 Å². The number of carboxylic acid groups (broad SMARTS) is 1. The van der Waals surface area contributed by atoms with Crippen molar-refractivity contribution < 1.29 is 27.6 Å². The standard InChI is InChI=1S/C10H11FN2O6S/c1-12(6-5-9(14)15)20(18,19)10-7(11)3-2-4-8(10)13(16)17/h2-4H,5-6H2,1H3,(H,14,15). The van der Waals surface area contributed by atoms with E-state index in [2.05, 4.69) is 0 Å². The second-order valence-electron chi connectivity index (χ2n) is 3.82. The number of nitro benzene ring substituents is 1. The molecule has 0 aliphatic carbocycles. The maximum Gasteiger partial charge on any atom is 0.304 e. The van der Waals surface area contributed by atoms with Crippen LogP contribution in [0.1, 0.15) is 6.42 Å². The number of nitro groups is 1. The van der Waals surface area contributed by atoms with E-state index in [1.807, 2.05) is 0 Å². The van der Waals surface area contributed by atoms with E-state index in [-0.39, 0.29) is 0 Å². The number of carboxylic acids is 1. The van der Waals surface area contributed by atoms with E-state index in [1.165, 1.54) is 0 Å². The van der Waals surface area contributed by atoms with E-state index in [9.17, 15) is 27.7 Å². The summed E-state index contributed by atoms with van der Waals surface area (Å²) in [6.07, 6.45) is -0.502. The Kier molecular flexibility index (Phi) is 4.73. The number of benzene rings is 1. The van der Waals surface area contributed by atoms with Gasteiger partial charge in [0.25, 0.3) is 15.7 Å². The zero-order chi connectivity index (χ0) is 15.5. The van der Waals surface area contributed by atoms with Gasteiger partial charge in [0, 0.05) is 19.7 Å². The van der Waals surface area contributed by atoms with Gasteiger partial charge in [0.2, 0.25) is 0 Å². The molecule has 1 N–H and O–H groups in total. The average molecular weight is 306 g/mol. The number of nitrogens with zero attached hydrogens (tertiary/aromatic N) is 2. The molecule has 0 bridgehead atoms. The molecule has 0 atom stereocenters. The first kappa shape index (κ1) is 16.0. The maximum atomic E-state index is 13.6. The molecule has 1 aromatic rings. The van der Waals surface area contributed by atoms with Gasteiger partial charge < -0.3 is 5.11 Å². The van der Waals surface area contributed by atoms with Crippen molar-refractivity contribution in [2.45, 2.75) is 11.3 Å². The van der Waals surface area contributed by atoms with Crippen LogP contribution >= 0.6 is 0 Å². The fourth-order valence-corrected chi connectivity index (χ4v) is 2.79. The van der Waals surface area contributed by atoms with Crippen molar-refractivity contribution in [1.82, 2.24) is 4.31 Å². The number of rotatable bonds is 6. The third-order valence-electron chi connectivity index (χ3n) is 2.45. The predicted molar refractivity (Wildman–Crippen MR) is 65.1 cm³/mol. The van der Waals surface area contributed by atoms with Gasteiger partial charge in [-0.05, 0) is 6.07 Å². The van der Waals surface area contributed by atoms with E-state index < -0.39 is 50.3 Å². The van der Waals surface area contributed by atoms with Gasteiger partial charge >= 0.3 is 5.97 Å². The molecule has 0 fully saturated rings. The highest BCUT2D eigenvalue weighted by Crippen LogP contribution is 2.28. The Bertz CT molecular complexity index is 645. The molecule has 1 rings (SSSR count). The van der Waals surface area contributed by atoms with Crippen LogP contribution in [0, 0.1) is 15.9 Å². The molecule has 0 aliphatic rings. The topological polar surface area (TPSA) is 118 Å². The quantitative estimate of drug-likeness (QED) is 0.614. The zero-order valence-corrected chi connectivity index (χ0v) is 11.1. The fourth-order valence-electron chi connectivity index (χ4n) is 1.43. The minimum absolute atomic E-state index is 0.427. The highest BCUT2D eigenvalue weighted by Gasteiger charge is 2.33. The number of hydrogen-bond donors (Lipinski definition) is 1. The highest BCUT2D eigenvalue weighted by atomic mass is 32.2. The van der Waals surface area contributed by atoms with Crippen LogP contribution in [0.2, 0.25) is 0 Å². The Hall–Kier alpha value is -2.07. The van der Waals surface area contributed by atoms with Crippen LogP contribution < -0.4 is 0 Å². The molecule has 1 aromatic carbocycles. The molecule has 110 valence electrons. The van der Waals surface area contributed by atoms with Gasteiger partial charge in [-0.2, -0.15) is 0 Å². The predicted octanol–water partition coefficient (Wildman–Crippen LogP) is 0.829. The Morgan fingerprint density at radius 1 is 1.50 bits per heavy atom. The molecule has 0 saturated carbocycles. The van der Waals surface area contributed by atoms with Crippen molar-refractivity contribution in [3.05, 3.63) is 34.1 Å². The van der Waals surface area contributed by atoms with Crippen molar-refractivity contribution in [3.63, 3.8) is 0 Å². The lowest BCUT2D eigenvalue weighted by Gasteiger charge is -2.16. The first-order valence-corrected chi connectivity index (χ1v) is 6.73. The molecule has 10 heteroatoms. The smallest absolute Gasteiger partial charge is 0.304 e. The zero-order valence-electron chi connectivity index (χ0n) is 10.3. The van der Waals surface area contributed by atoms with Crippen molar-refractivity contribution >= 4 is 21.7 Å². The van der Waals surface area contributed by atoms with Crippen molar-refractivity contribution in [3.8, 4) is 0 Å². The summed E-state index contributed by atoms with van der Waals surface area (Å²) in [5.74, 6) is -2.50. The Balaban J connectivity index is 3.28. The van der Waals surface area contributed by atoms with Crippen molar-refractivity contribution in [2.24, 2.45) is 0 Å². The number of carbonyl (C=O) groups is 1. The Morgan fingerprint density at radius 3 is 2.60 bits per heavy atom. The van der Waals surface area contributed by atoms with Crippen LogP contribution in [0.5, 0.6) is 0 Å². The van der Waals surface area contributed by atoms with Gasteiger partial charge in [-0.15, -0.1) is 0 Å². The number of halogens is 1. The summed E-state index contributed by atoms with van der Waals surface area (Å²) in [5.41, 5.74) is -0.896. The largest absolute Gasteiger partial charge is 0.481 e. The molecule has 0 amide bonds. The minimum atomic E-state index is -4.49. The first-order chi connectivity index (χ1) is 9.17. The molecule has 0 aliphatic heterocycles. The summed E-state index contributed by atoms with van der Waals surface area (Å²) in [6.45, 7) is -0.427. The number of sulfonamides is 1. The van der Waals surface area contributed by atoms with Crippen LogP contribution in [0.25, 0.3) is 0 Å². The molecule has 0 spiro atoms. The molecule has 0 saturated heterocycles. The second-order valence-corrected chi connectivity index (χ2v) is 5.80. The number of aliphatic carboxylic acids is 1. The number of hydrogen-bond acceptors (Lipinski definition) is 5. The van der Waals surface area contributed by atoms with Crippen molar-refractivity contribution in [1.29, 1.82) is 0 Å². The van der Waals surface area contributed by atoms with E-state index in [0.717, 1.165) is 25.2 Å². The Morgan fingerprint density at radius 2 is 2.10 bits per heavy atom. The molecular weight excluding hydrogens is 295 g/mol. The van der Waals surface area contributed by atoms with Gasteiger partial charge in [0.1, 0.15) is 5.82 Å². The molecule has 0 heterocycles. The normalized spacial score (nSPS) is 11.6. The molecule has 0 aromatic heterocycles. The Labute approximate surface area is 113 Å². The highest BCUT2D eigenvalue weighted by molar-refractivity contribution is 7.89. The van der Waals surface area contributed by atoms with Gasteiger partial charge in [-0.1, -0.05) is 6.07 Å². The SMILES string of the molecule is CN(CCC(=O)O)S(=O)(=O)c1c(F)cccc1[N+](=O)[O-]. The molecule has 8 nitrogen and oxygen atoms in total. The summed E-state index contributed by atoms with van der Waals surface area (Å²) in [5, 5.41) is 19.3. The lowest BCUT2D eigenvalue weighted by Crippen LogP contribution is -2.30. The molecular formula is C10H11FN2O6S. The van der Waals surface area contributed by atoms with Crippen LogP contribution in [-0.2, 0) is 14.8 Å². The fraction of sp³-hybridized carbons (Fsp3) is 0.300. The summed E-state index contributed by atoms with van der Waals surface area (Å²) in [6, 6.07) is 2.66. The third-order valence-corrected chi connectivity index (χ3v) is 4.37. The monoisotopic (exact) mass is 306 g/mol. The van der Waals surface area contributed by atoms with E-state index in [0.29, 0.717) is 4.31 Å². The van der Waals surface area contributed by atoms with Gasteiger partial charge in [-0.3, -0.25) is 14.9 Å². The summed E-state index contributed by atoms with van der Waals surface area (Å²) in [4.78, 5) is 19.1. The van der Waals surface area contributed by atoms with E-state index >= 15 is 0 Å². The van der Waals surface area contributed by atoms with Crippen LogP contribution in [0.4, 0.5) is 10.1 Å². The van der Waals surface area contributed by atoms with Crippen LogP contribution in [0.15, 0.2) is 23.1 Å². The summed E-state index contributed by atoms with van der Waals surface area (Å²) >= 11 is 0. The first-order valence-electron chi connectivity index (χ1n) is 5.29. The summed E-state index contributed by atoms with van der Waals surface area (Å²) in [7, 11) is -3.47.